The smallest absolute Gasteiger partial charge is 0.0932 e. The van der Waals surface area contributed by atoms with Crippen molar-refractivity contribution in [2.45, 2.75) is 32.7 Å². The second-order valence-corrected chi connectivity index (χ2v) is 5.16. The molecule has 1 aromatic rings. The molecule has 1 aromatic heterocycles. The van der Waals surface area contributed by atoms with Crippen LogP contribution in [0.15, 0.2) is 0 Å². The molecular weight excluding hydrogens is 206 g/mol. The number of nitrogens with two attached hydrogens (primary N) is 1. The van der Waals surface area contributed by atoms with Gasteiger partial charge in [-0.05, 0) is 19.5 Å². The van der Waals surface area contributed by atoms with Gasteiger partial charge >= 0.3 is 0 Å². The molecule has 2 rings (SSSR count). The van der Waals surface area contributed by atoms with E-state index >= 15 is 0 Å². The van der Waals surface area contributed by atoms with Crippen LogP contribution in [0.25, 0.3) is 0 Å². The van der Waals surface area contributed by atoms with Gasteiger partial charge in [0.1, 0.15) is 0 Å². The van der Waals surface area contributed by atoms with Crippen LogP contribution in [-0.2, 0) is 19.4 Å². The molecule has 84 valence electrons. The fourth-order valence-electron chi connectivity index (χ4n) is 1.93. The molecule has 1 aliphatic rings. The van der Waals surface area contributed by atoms with Gasteiger partial charge < -0.3 is 5.73 Å². The minimum Gasteiger partial charge on any atom is -0.330 e. The zero-order valence-electron chi connectivity index (χ0n) is 9.33. The van der Waals surface area contributed by atoms with Crippen molar-refractivity contribution in [3.63, 3.8) is 0 Å². The van der Waals surface area contributed by atoms with Gasteiger partial charge in [-0.1, -0.05) is 6.92 Å². The summed E-state index contributed by atoms with van der Waals surface area (Å²) < 4.78 is 0. The van der Waals surface area contributed by atoms with E-state index in [2.05, 4.69) is 11.8 Å². The average molecular weight is 225 g/mol. The Morgan fingerprint density at radius 1 is 1.53 bits per heavy atom. The third-order valence-electron chi connectivity index (χ3n) is 2.90. The van der Waals surface area contributed by atoms with Crippen LogP contribution >= 0.6 is 11.3 Å². The Hall–Kier alpha value is -0.450. The molecule has 0 atom stereocenters. The predicted octanol–water partition coefficient (Wildman–Crippen LogP) is 1.41. The maximum Gasteiger partial charge on any atom is 0.0932 e. The topological polar surface area (TPSA) is 42.2 Å². The predicted molar refractivity (Wildman–Crippen MR) is 64.1 cm³/mol. The second kappa shape index (κ2) is 5.05. The Labute approximate surface area is 95.3 Å². The van der Waals surface area contributed by atoms with Gasteiger partial charge in [-0.2, -0.15) is 0 Å². The number of nitrogens with zero attached hydrogens (tertiary/aromatic N) is 2. The lowest BCUT2D eigenvalue weighted by Crippen LogP contribution is -2.29. The van der Waals surface area contributed by atoms with Crippen LogP contribution in [0, 0.1) is 0 Å². The number of hydrogen-bond donors (Lipinski definition) is 1. The van der Waals surface area contributed by atoms with Crippen LogP contribution in [0.3, 0.4) is 0 Å². The molecule has 0 saturated carbocycles. The molecule has 2 heterocycles. The van der Waals surface area contributed by atoms with E-state index in [1.54, 1.807) is 0 Å². The van der Waals surface area contributed by atoms with Gasteiger partial charge in [0.15, 0.2) is 0 Å². The highest BCUT2D eigenvalue weighted by molar-refractivity contribution is 7.11. The summed E-state index contributed by atoms with van der Waals surface area (Å²) in [7, 11) is 0. The SMILES string of the molecule is CCN1CCc2nc(CCCN)sc2C1. The molecule has 0 saturated heterocycles. The zero-order chi connectivity index (χ0) is 10.7. The standard InChI is InChI=1S/C11H19N3S/c1-2-14-7-5-9-10(8-14)15-11(13-9)4-3-6-12/h2-8,12H2,1H3. The molecule has 0 aromatic carbocycles. The first-order valence-electron chi connectivity index (χ1n) is 5.73. The first-order valence-corrected chi connectivity index (χ1v) is 6.55. The molecule has 1 aliphatic heterocycles. The molecule has 0 spiro atoms. The molecule has 0 amide bonds. The summed E-state index contributed by atoms with van der Waals surface area (Å²) in [6.07, 6.45) is 3.24. The normalized spacial score (nSPS) is 16.7. The van der Waals surface area contributed by atoms with Crippen molar-refractivity contribution in [3.8, 4) is 0 Å². The molecule has 15 heavy (non-hydrogen) atoms. The van der Waals surface area contributed by atoms with Crippen LogP contribution in [0.4, 0.5) is 0 Å². The summed E-state index contributed by atoms with van der Waals surface area (Å²) in [4.78, 5) is 8.65. The van der Waals surface area contributed by atoms with Crippen molar-refractivity contribution in [2.24, 2.45) is 5.73 Å². The highest BCUT2D eigenvalue weighted by Crippen LogP contribution is 2.25. The van der Waals surface area contributed by atoms with Gasteiger partial charge in [-0.25, -0.2) is 4.98 Å². The van der Waals surface area contributed by atoms with E-state index in [1.165, 1.54) is 22.1 Å². The number of fused-ring (bicyclic) bond motifs is 1. The van der Waals surface area contributed by atoms with Crippen LogP contribution in [0.5, 0.6) is 0 Å². The van der Waals surface area contributed by atoms with Gasteiger partial charge in [0.25, 0.3) is 0 Å². The Bertz CT molecular complexity index is 322. The van der Waals surface area contributed by atoms with Crippen LogP contribution < -0.4 is 5.73 Å². The molecule has 0 aliphatic carbocycles. The quantitative estimate of drug-likeness (QED) is 0.842. The summed E-state index contributed by atoms with van der Waals surface area (Å²) in [6.45, 7) is 6.41. The average Bonchev–Trinajstić information content (AvgIpc) is 2.67. The summed E-state index contributed by atoms with van der Waals surface area (Å²) in [5.74, 6) is 0. The zero-order valence-corrected chi connectivity index (χ0v) is 10.1. The molecule has 3 nitrogen and oxygen atoms in total. The van der Waals surface area contributed by atoms with Crippen molar-refractivity contribution in [3.05, 3.63) is 15.6 Å². The van der Waals surface area contributed by atoms with Crippen LogP contribution in [-0.4, -0.2) is 29.5 Å². The maximum atomic E-state index is 5.51. The summed E-state index contributed by atoms with van der Waals surface area (Å²) >= 11 is 1.89. The van der Waals surface area contributed by atoms with Crippen molar-refractivity contribution in [1.82, 2.24) is 9.88 Å². The lowest BCUT2D eigenvalue weighted by molar-refractivity contribution is 0.269. The minimum atomic E-state index is 0.769. The van der Waals surface area contributed by atoms with E-state index in [9.17, 15) is 0 Å². The number of aryl methyl sites for hydroxylation is 1. The van der Waals surface area contributed by atoms with Gasteiger partial charge in [0.05, 0.1) is 10.7 Å². The van der Waals surface area contributed by atoms with E-state index in [-0.39, 0.29) is 0 Å². The van der Waals surface area contributed by atoms with E-state index in [0.29, 0.717) is 0 Å². The largest absolute Gasteiger partial charge is 0.330 e. The Morgan fingerprint density at radius 2 is 2.40 bits per heavy atom. The highest BCUT2D eigenvalue weighted by Gasteiger charge is 2.18. The molecule has 0 bridgehead atoms. The third-order valence-corrected chi connectivity index (χ3v) is 4.04. The lowest BCUT2D eigenvalue weighted by Gasteiger charge is -2.23. The first-order chi connectivity index (χ1) is 7.33. The maximum absolute atomic E-state index is 5.51. The lowest BCUT2D eigenvalue weighted by atomic mass is 10.2. The second-order valence-electron chi connectivity index (χ2n) is 3.99. The first kappa shape index (κ1) is 11.0. The van der Waals surface area contributed by atoms with Crippen molar-refractivity contribution in [1.29, 1.82) is 0 Å². The van der Waals surface area contributed by atoms with E-state index < -0.39 is 0 Å². The van der Waals surface area contributed by atoms with Gasteiger partial charge in [-0.15, -0.1) is 11.3 Å². The molecule has 0 radical (unpaired) electrons. The molecule has 2 N–H and O–H groups in total. The molecule has 0 unspecified atom stereocenters. The summed E-state index contributed by atoms with van der Waals surface area (Å²) in [5.41, 5.74) is 6.85. The fourth-order valence-corrected chi connectivity index (χ4v) is 3.13. The molecule has 4 heteroatoms. The monoisotopic (exact) mass is 225 g/mol. The van der Waals surface area contributed by atoms with E-state index in [1.807, 2.05) is 11.3 Å². The van der Waals surface area contributed by atoms with Crippen molar-refractivity contribution in [2.75, 3.05) is 19.6 Å². The van der Waals surface area contributed by atoms with E-state index in [4.69, 9.17) is 10.7 Å². The minimum absolute atomic E-state index is 0.769. The molecule has 0 fully saturated rings. The third kappa shape index (κ3) is 2.56. The number of hydrogen-bond acceptors (Lipinski definition) is 4. The highest BCUT2D eigenvalue weighted by atomic mass is 32.1. The summed E-state index contributed by atoms with van der Waals surface area (Å²) in [5, 5.41) is 1.28. The Morgan fingerprint density at radius 3 is 3.13 bits per heavy atom. The van der Waals surface area contributed by atoms with Crippen LogP contribution in [0.1, 0.15) is 28.9 Å². The summed E-state index contributed by atoms with van der Waals surface area (Å²) in [6, 6.07) is 0. The number of rotatable bonds is 4. The Kier molecular flexibility index (Phi) is 3.72. The fraction of sp³-hybridized carbons (Fsp3) is 0.727. The van der Waals surface area contributed by atoms with E-state index in [0.717, 1.165) is 38.9 Å². The molecular formula is C11H19N3S. The number of aromatic nitrogens is 1. The van der Waals surface area contributed by atoms with Crippen molar-refractivity contribution >= 4 is 11.3 Å². The van der Waals surface area contributed by atoms with Crippen molar-refractivity contribution < 1.29 is 0 Å². The van der Waals surface area contributed by atoms with Gasteiger partial charge in [0, 0.05) is 30.8 Å². The van der Waals surface area contributed by atoms with Crippen LogP contribution in [0.2, 0.25) is 0 Å². The number of thiazole rings is 1. The number of likely N-dealkylation sites (N-methyl/N-ethyl adjacent to an activating group) is 1. The van der Waals surface area contributed by atoms with Gasteiger partial charge in [0.2, 0.25) is 0 Å². The van der Waals surface area contributed by atoms with Gasteiger partial charge in [-0.3, -0.25) is 4.90 Å². The Balaban J connectivity index is 2.04.